The van der Waals surface area contributed by atoms with E-state index in [1.165, 1.54) is 24.1 Å². The molecule has 5 nitrogen and oxygen atoms in total. The fourth-order valence-corrected chi connectivity index (χ4v) is 1.82. The Hall–Kier alpha value is -1.95. The molecule has 1 aromatic rings. The van der Waals surface area contributed by atoms with Gasteiger partial charge in [-0.15, -0.1) is 0 Å². The van der Waals surface area contributed by atoms with Gasteiger partial charge >= 0.3 is 0 Å². The maximum atomic E-state index is 13.5. The molecule has 1 fully saturated rings. The van der Waals surface area contributed by atoms with Gasteiger partial charge in [-0.2, -0.15) is 0 Å². The van der Waals surface area contributed by atoms with Crippen LogP contribution >= 0.6 is 0 Å². The highest BCUT2D eigenvalue weighted by Gasteiger charge is 2.27. The van der Waals surface area contributed by atoms with E-state index >= 15 is 0 Å². The van der Waals surface area contributed by atoms with Crippen LogP contribution in [0.5, 0.6) is 0 Å². The van der Waals surface area contributed by atoms with Gasteiger partial charge in [-0.3, -0.25) is 14.9 Å². The maximum absolute atomic E-state index is 13.5. The number of benzene rings is 1. The third-order valence-corrected chi connectivity index (χ3v) is 2.85. The molecule has 1 heterocycles. The van der Waals surface area contributed by atoms with Crippen LogP contribution in [-0.2, 0) is 9.59 Å². The Balaban J connectivity index is 2.09. The summed E-state index contributed by atoms with van der Waals surface area (Å²) in [5.41, 5.74) is 0.223. The summed E-state index contributed by atoms with van der Waals surface area (Å²) in [6.07, 6.45) is 0. The van der Waals surface area contributed by atoms with Gasteiger partial charge in [-0.25, -0.2) is 4.39 Å². The van der Waals surface area contributed by atoms with Crippen LogP contribution in [0.4, 0.5) is 10.1 Å². The summed E-state index contributed by atoms with van der Waals surface area (Å²) in [5.74, 6) is -0.874. The highest BCUT2D eigenvalue weighted by atomic mass is 19.1. The molecule has 0 aromatic heterocycles. The van der Waals surface area contributed by atoms with E-state index in [2.05, 4.69) is 10.6 Å². The molecule has 2 amide bonds. The zero-order valence-electron chi connectivity index (χ0n) is 9.94. The number of amides is 2. The first kappa shape index (κ1) is 12.5. The van der Waals surface area contributed by atoms with Crippen LogP contribution in [0.2, 0.25) is 0 Å². The number of anilines is 1. The van der Waals surface area contributed by atoms with Crippen LogP contribution in [-0.4, -0.2) is 38.0 Å². The molecular formula is C12H14FN3O2. The molecular weight excluding hydrogens is 237 g/mol. The summed E-state index contributed by atoms with van der Waals surface area (Å²) < 4.78 is 13.5. The molecule has 2 N–H and O–H groups in total. The van der Waals surface area contributed by atoms with Crippen molar-refractivity contribution in [1.82, 2.24) is 10.6 Å². The number of carbonyl (C=O) groups excluding carboxylic acids is 2. The van der Waals surface area contributed by atoms with E-state index in [4.69, 9.17) is 0 Å². The second-order valence-electron chi connectivity index (χ2n) is 4.09. The van der Waals surface area contributed by atoms with Crippen molar-refractivity contribution in [3.8, 4) is 0 Å². The summed E-state index contributed by atoms with van der Waals surface area (Å²) in [5, 5.41) is 5.40. The SMILES string of the molecule is CN(C(=O)C1CNC(=O)CN1)c1ccccc1F. The first-order valence-corrected chi connectivity index (χ1v) is 5.62. The lowest BCUT2D eigenvalue weighted by Gasteiger charge is -2.27. The Morgan fingerprint density at radius 2 is 2.17 bits per heavy atom. The van der Waals surface area contributed by atoms with Crippen molar-refractivity contribution >= 4 is 17.5 Å². The predicted molar refractivity (Wildman–Crippen MR) is 64.6 cm³/mol. The average Bonchev–Trinajstić information content (AvgIpc) is 2.38. The molecule has 1 atom stereocenters. The summed E-state index contributed by atoms with van der Waals surface area (Å²) in [6, 6.07) is 5.55. The van der Waals surface area contributed by atoms with Crippen LogP contribution in [0, 0.1) is 5.82 Å². The third kappa shape index (κ3) is 2.48. The Bertz CT molecular complexity index is 468. The topological polar surface area (TPSA) is 61.4 Å². The van der Waals surface area contributed by atoms with Gasteiger partial charge in [0.2, 0.25) is 11.8 Å². The number of nitrogens with one attached hydrogen (secondary N) is 2. The molecule has 0 radical (unpaired) electrons. The van der Waals surface area contributed by atoms with E-state index in [0.29, 0.717) is 0 Å². The van der Waals surface area contributed by atoms with E-state index in [1.54, 1.807) is 12.1 Å². The summed E-state index contributed by atoms with van der Waals surface area (Å²) in [7, 11) is 1.51. The average molecular weight is 251 g/mol. The normalized spacial score (nSPS) is 19.2. The third-order valence-electron chi connectivity index (χ3n) is 2.85. The van der Waals surface area contributed by atoms with Gasteiger partial charge in [-0.1, -0.05) is 12.1 Å². The minimum Gasteiger partial charge on any atom is -0.353 e. The van der Waals surface area contributed by atoms with Crippen molar-refractivity contribution < 1.29 is 14.0 Å². The molecule has 0 spiro atoms. The molecule has 96 valence electrons. The van der Waals surface area contributed by atoms with Crippen LogP contribution in [0.1, 0.15) is 0 Å². The van der Waals surface area contributed by atoms with Crippen molar-refractivity contribution in [2.45, 2.75) is 6.04 Å². The van der Waals surface area contributed by atoms with Crippen LogP contribution in [0.15, 0.2) is 24.3 Å². The van der Waals surface area contributed by atoms with Gasteiger partial charge in [0.1, 0.15) is 11.9 Å². The largest absolute Gasteiger partial charge is 0.353 e. The smallest absolute Gasteiger partial charge is 0.245 e. The Morgan fingerprint density at radius 3 is 2.78 bits per heavy atom. The second-order valence-corrected chi connectivity index (χ2v) is 4.09. The fourth-order valence-electron chi connectivity index (χ4n) is 1.82. The van der Waals surface area contributed by atoms with E-state index in [9.17, 15) is 14.0 Å². The summed E-state index contributed by atoms with van der Waals surface area (Å²) in [6.45, 7) is 0.317. The van der Waals surface area contributed by atoms with Gasteiger partial charge in [0, 0.05) is 13.6 Å². The molecule has 18 heavy (non-hydrogen) atoms. The second kappa shape index (κ2) is 5.14. The number of halogens is 1. The van der Waals surface area contributed by atoms with Gasteiger partial charge in [0.05, 0.1) is 12.2 Å². The van der Waals surface area contributed by atoms with E-state index in [-0.39, 0.29) is 30.6 Å². The highest BCUT2D eigenvalue weighted by Crippen LogP contribution is 2.17. The monoisotopic (exact) mass is 251 g/mol. The van der Waals surface area contributed by atoms with Crippen molar-refractivity contribution in [2.75, 3.05) is 25.0 Å². The number of hydrogen-bond donors (Lipinski definition) is 2. The standard InChI is InChI=1S/C12H14FN3O2/c1-16(10-5-3-2-4-8(10)13)12(18)9-6-15-11(17)7-14-9/h2-5,9,14H,6-7H2,1H3,(H,15,17). The molecule has 1 aromatic carbocycles. The molecule has 6 heteroatoms. The minimum atomic E-state index is -0.521. The first-order valence-electron chi connectivity index (χ1n) is 5.62. The molecule has 2 rings (SSSR count). The number of carbonyl (C=O) groups is 2. The lowest BCUT2D eigenvalue weighted by atomic mass is 10.2. The van der Waals surface area contributed by atoms with Gasteiger partial charge in [-0.05, 0) is 12.1 Å². The van der Waals surface area contributed by atoms with E-state index in [1.807, 2.05) is 0 Å². The predicted octanol–water partition coefficient (Wildman–Crippen LogP) is -0.123. The number of piperazine rings is 1. The summed E-state index contributed by atoms with van der Waals surface area (Å²) in [4.78, 5) is 24.3. The van der Waals surface area contributed by atoms with E-state index < -0.39 is 11.9 Å². The van der Waals surface area contributed by atoms with Crippen molar-refractivity contribution in [2.24, 2.45) is 0 Å². The zero-order chi connectivity index (χ0) is 13.1. The quantitative estimate of drug-likeness (QED) is 0.770. The first-order chi connectivity index (χ1) is 8.59. The van der Waals surface area contributed by atoms with Crippen LogP contribution in [0.3, 0.4) is 0 Å². The lowest BCUT2D eigenvalue weighted by Crippen LogP contribution is -2.58. The Labute approximate surface area is 104 Å². The number of likely N-dealkylation sites (N-methyl/N-ethyl adjacent to an activating group) is 1. The van der Waals surface area contributed by atoms with Crippen LogP contribution < -0.4 is 15.5 Å². The Kier molecular flexibility index (Phi) is 3.57. The summed E-state index contributed by atoms with van der Waals surface area (Å²) >= 11 is 0. The molecule has 1 saturated heterocycles. The molecule has 1 aliphatic heterocycles. The number of rotatable bonds is 2. The number of para-hydroxylation sites is 1. The molecule has 1 aliphatic rings. The lowest BCUT2D eigenvalue weighted by molar-refractivity contribution is -0.125. The van der Waals surface area contributed by atoms with Crippen molar-refractivity contribution in [1.29, 1.82) is 0 Å². The highest BCUT2D eigenvalue weighted by molar-refractivity contribution is 5.98. The minimum absolute atomic E-state index is 0.0987. The zero-order valence-corrected chi connectivity index (χ0v) is 9.94. The molecule has 0 aliphatic carbocycles. The van der Waals surface area contributed by atoms with Crippen molar-refractivity contribution in [3.05, 3.63) is 30.1 Å². The Morgan fingerprint density at radius 1 is 1.44 bits per heavy atom. The molecule has 0 saturated carbocycles. The maximum Gasteiger partial charge on any atom is 0.245 e. The fraction of sp³-hybridized carbons (Fsp3) is 0.333. The molecule has 0 bridgehead atoms. The van der Waals surface area contributed by atoms with E-state index in [0.717, 1.165) is 0 Å². The van der Waals surface area contributed by atoms with Gasteiger partial charge < -0.3 is 10.2 Å². The van der Waals surface area contributed by atoms with Crippen LogP contribution in [0.25, 0.3) is 0 Å². The van der Waals surface area contributed by atoms with Crippen molar-refractivity contribution in [3.63, 3.8) is 0 Å². The number of hydrogen-bond acceptors (Lipinski definition) is 3. The molecule has 1 unspecified atom stereocenters. The van der Waals surface area contributed by atoms with Gasteiger partial charge in [0.15, 0.2) is 0 Å². The van der Waals surface area contributed by atoms with Gasteiger partial charge in [0.25, 0.3) is 0 Å². The number of nitrogens with zero attached hydrogens (tertiary/aromatic N) is 1.